The second-order valence-corrected chi connectivity index (χ2v) is 6.49. The maximum absolute atomic E-state index is 12.9. The van der Waals surface area contributed by atoms with Crippen LogP contribution in [0.1, 0.15) is 42.5 Å². The van der Waals surface area contributed by atoms with E-state index in [0.717, 1.165) is 19.3 Å². The van der Waals surface area contributed by atoms with Gasteiger partial charge in [-0.3, -0.25) is 4.79 Å². The predicted molar refractivity (Wildman–Crippen MR) is 87.3 cm³/mol. The van der Waals surface area contributed by atoms with Gasteiger partial charge in [-0.1, -0.05) is 67.1 Å². The molecule has 112 valence electrons. The molecule has 1 saturated heterocycles. The molecule has 2 heteroatoms. The van der Waals surface area contributed by atoms with E-state index in [1.807, 2.05) is 12.1 Å². The summed E-state index contributed by atoms with van der Waals surface area (Å²) >= 11 is 0. The van der Waals surface area contributed by atoms with Crippen LogP contribution in [0.4, 0.5) is 0 Å². The van der Waals surface area contributed by atoms with Gasteiger partial charge in [-0.05, 0) is 24.0 Å². The Hall–Kier alpha value is -1.93. The second kappa shape index (κ2) is 5.69. The molecule has 4 atom stereocenters. The molecule has 1 aliphatic carbocycles. The molecular formula is C20H21NO. The van der Waals surface area contributed by atoms with E-state index in [-0.39, 0.29) is 23.9 Å². The molecule has 2 aliphatic rings. The lowest BCUT2D eigenvalue weighted by Gasteiger charge is -2.45. The largest absolute Gasteiger partial charge is 0.302 e. The van der Waals surface area contributed by atoms with Crippen molar-refractivity contribution in [3.63, 3.8) is 0 Å². The number of rotatable bonds is 2. The standard InChI is InChI=1S/C20H21NO/c22-20-16-12-7-13-17(20)19(15-10-5-2-6-11-15)21-18(16)14-8-3-1-4-9-14/h1-6,8-11,16-19,21H,7,12-13H2/t16-,17+,18-,19-/m0/s1. The van der Waals surface area contributed by atoms with Crippen LogP contribution < -0.4 is 5.32 Å². The molecule has 2 aromatic rings. The zero-order chi connectivity index (χ0) is 14.9. The van der Waals surface area contributed by atoms with Gasteiger partial charge in [0.2, 0.25) is 0 Å². The van der Waals surface area contributed by atoms with Gasteiger partial charge in [-0.25, -0.2) is 0 Å². The maximum atomic E-state index is 12.9. The maximum Gasteiger partial charge on any atom is 0.142 e. The first-order valence-electron chi connectivity index (χ1n) is 8.24. The zero-order valence-electron chi connectivity index (χ0n) is 12.6. The molecule has 1 saturated carbocycles. The van der Waals surface area contributed by atoms with Crippen molar-refractivity contribution in [2.24, 2.45) is 11.8 Å². The summed E-state index contributed by atoms with van der Waals surface area (Å²) in [4.78, 5) is 12.9. The molecule has 1 N–H and O–H groups in total. The smallest absolute Gasteiger partial charge is 0.142 e. The van der Waals surface area contributed by atoms with Crippen LogP contribution in [0.25, 0.3) is 0 Å². The topological polar surface area (TPSA) is 29.1 Å². The molecule has 0 spiro atoms. The van der Waals surface area contributed by atoms with E-state index in [4.69, 9.17) is 0 Å². The number of Topliss-reactive ketones (excluding diaryl/α,β-unsaturated/α-hetero) is 1. The Bertz CT molecular complexity index is 596. The Morgan fingerprint density at radius 3 is 1.64 bits per heavy atom. The van der Waals surface area contributed by atoms with Gasteiger partial charge < -0.3 is 5.32 Å². The Balaban J connectivity index is 1.73. The summed E-state index contributed by atoms with van der Waals surface area (Å²) in [6.07, 6.45) is 3.20. The third kappa shape index (κ3) is 2.28. The van der Waals surface area contributed by atoms with E-state index in [1.54, 1.807) is 0 Å². The van der Waals surface area contributed by atoms with Crippen LogP contribution >= 0.6 is 0 Å². The van der Waals surface area contributed by atoms with Gasteiger partial charge in [0.1, 0.15) is 5.78 Å². The molecule has 0 aromatic heterocycles. The average molecular weight is 291 g/mol. The highest BCUT2D eigenvalue weighted by Crippen LogP contribution is 2.45. The minimum Gasteiger partial charge on any atom is -0.302 e. The van der Waals surface area contributed by atoms with Crippen LogP contribution in [0.15, 0.2) is 60.7 Å². The minimum atomic E-state index is 0.140. The first-order chi connectivity index (χ1) is 10.8. The van der Waals surface area contributed by atoms with Crippen molar-refractivity contribution < 1.29 is 4.79 Å². The van der Waals surface area contributed by atoms with Crippen LogP contribution in [-0.4, -0.2) is 5.78 Å². The van der Waals surface area contributed by atoms with Crippen LogP contribution in [0.5, 0.6) is 0 Å². The van der Waals surface area contributed by atoms with Crippen LogP contribution in [-0.2, 0) is 4.79 Å². The lowest BCUT2D eigenvalue weighted by molar-refractivity contribution is -0.135. The van der Waals surface area contributed by atoms with E-state index < -0.39 is 0 Å². The number of benzene rings is 2. The number of nitrogens with one attached hydrogen (secondary N) is 1. The number of carbonyl (C=O) groups is 1. The highest BCUT2D eigenvalue weighted by Gasteiger charge is 2.46. The van der Waals surface area contributed by atoms with Gasteiger partial charge in [0.15, 0.2) is 0 Å². The summed E-state index contributed by atoms with van der Waals surface area (Å²) in [5.41, 5.74) is 2.48. The van der Waals surface area contributed by atoms with Crippen LogP contribution in [0.3, 0.4) is 0 Å². The molecule has 2 nitrogen and oxygen atoms in total. The molecule has 1 heterocycles. The van der Waals surface area contributed by atoms with Crippen molar-refractivity contribution in [2.75, 3.05) is 0 Å². The third-order valence-electron chi connectivity index (χ3n) is 5.24. The zero-order valence-corrected chi connectivity index (χ0v) is 12.6. The lowest BCUT2D eigenvalue weighted by Crippen LogP contribution is -2.50. The molecule has 1 aliphatic heterocycles. The van der Waals surface area contributed by atoms with Gasteiger partial charge in [0, 0.05) is 23.9 Å². The summed E-state index contributed by atoms with van der Waals surface area (Å²) in [7, 11) is 0. The van der Waals surface area contributed by atoms with Gasteiger partial charge in [0.05, 0.1) is 0 Å². The van der Waals surface area contributed by atoms with E-state index in [9.17, 15) is 4.79 Å². The molecule has 2 fully saturated rings. The first-order valence-corrected chi connectivity index (χ1v) is 8.24. The fraction of sp³-hybridized carbons (Fsp3) is 0.350. The number of fused-ring (bicyclic) bond motifs is 2. The van der Waals surface area contributed by atoms with Crippen molar-refractivity contribution in [1.29, 1.82) is 0 Å². The fourth-order valence-electron chi connectivity index (χ4n) is 4.18. The summed E-state index contributed by atoms with van der Waals surface area (Å²) in [6, 6.07) is 21.2. The van der Waals surface area contributed by atoms with E-state index in [2.05, 4.69) is 53.8 Å². The Kier molecular flexibility index (Phi) is 3.55. The number of hydrogen-bond acceptors (Lipinski definition) is 2. The monoisotopic (exact) mass is 291 g/mol. The molecule has 0 radical (unpaired) electrons. The normalized spacial score (nSPS) is 31.0. The molecule has 0 amide bonds. The molecule has 0 unspecified atom stereocenters. The summed E-state index contributed by atoms with van der Waals surface area (Å²) < 4.78 is 0. The number of hydrogen-bond donors (Lipinski definition) is 1. The van der Waals surface area contributed by atoms with Gasteiger partial charge in [-0.2, -0.15) is 0 Å². The second-order valence-electron chi connectivity index (χ2n) is 6.49. The van der Waals surface area contributed by atoms with Gasteiger partial charge >= 0.3 is 0 Å². The van der Waals surface area contributed by atoms with Gasteiger partial charge in [0.25, 0.3) is 0 Å². The quantitative estimate of drug-likeness (QED) is 0.904. The predicted octanol–water partition coefficient (Wildman–Crippen LogP) is 4.06. The minimum absolute atomic E-state index is 0.140. The molecule has 22 heavy (non-hydrogen) atoms. The van der Waals surface area contributed by atoms with Crippen molar-refractivity contribution in [2.45, 2.75) is 31.3 Å². The number of ketones is 1. The Morgan fingerprint density at radius 2 is 1.18 bits per heavy atom. The number of carbonyl (C=O) groups excluding carboxylic acids is 1. The van der Waals surface area contributed by atoms with Gasteiger partial charge in [-0.15, -0.1) is 0 Å². The average Bonchev–Trinajstić information content (AvgIpc) is 2.57. The summed E-state index contributed by atoms with van der Waals surface area (Å²) in [5, 5.41) is 3.80. The summed E-state index contributed by atoms with van der Waals surface area (Å²) in [5.74, 6) is 0.745. The fourth-order valence-corrected chi connectivity index (χ4v) is 4.18. The molecule has 4 rings (SSSR count). The number of piperidine rings is 1. The van der Waals surface area contributed by atoms with Crippen LogP contribution in [0, 0.1) is 11.8 Å². The molecule has 2 bridgehead atoms. The highest BCUT2D eigenvalue weighted by atomic mass is 16.1. The van der Waals surface area contributed by atoms with Crippen LogP contribution in [0.2, 0.25) is 0 Å². The molecular weight excluding hydrogens is 270 g/mol. The third-order valence-corrected chi connectivity index (χ3v) is 5.24. The van der Waals surface area contributed by atoms with E-state index in [1.165, 1.54) is 11.1 Å². The van der Waals surface area contributed by atoms with Crippen molar-refractivity contribution >= 4 is 5.78 Å². The Morgan fingerprint density at radius 1 is 0.727 bits per heavy atom. The Labute approximate surface area is 131 Å². The van der Waals surface area contributed by atoms with Crippen molar-refractivity contribution in [3.8, 4) is 0 Å². The van der Waals surface area contributed by atoms with E-state index >= 15 is 0 Å². The highest BCUT2D eigenvalue weighted by molar-refractivity contribution is 5.86. The summed E-state index contributed by atoms with van der Waals surface area (Å²) in [6.45, 7) is 0. The SMILES string of the molecule is O=C1[C@H]2CCC[C@@H]1[C@H](c1ccccc1)N[C@H]2c1ccccc1. The lowest BCUT2D eigenvalue weighted by atomic mass is 9.67. The first kappa shape index (κ1) is 13.7. The molecule has 2 aromatic carbocycles. The van der Waals surface area contributed by atoms with E-state index in [0.29, 0.717) is 5.78 Å². The van der Waals surface area contributed by atoms with Crippen molar-refractivity contribution in [1.82, 2.24) is 5.32 Å². The van der Waals surface area contributed by atoms with Crippen molar-refractivity contribution in [3.05, 3.63) is 71.8 Å².